The first kappa shape index (κ1) is 26.5. The molecule has 38 heavy (non-hydrogen) atoms. The van der Waals surface area contributed by atoms with Gasteiger partial charge in [0.05, 0.1) is 6.61 Å². The molecule has 0 saturated carbocycles. The zero-order chi connectivity index (χ0) is 26.7. The SMILES string of the molecule is CNc1cc(OCC(C)c2ccccc2)cc(C(=O)N[C@H](CC(=O)Nc2ncc[nH]2)Cc2ccccc2)c1. The van der Waals surface area contributed by atoms with E-state index in [0.717, 1.165) is 11.3 Å². The zero-order valence-electron chi connectivity index (χ0n) is 21.6. The minimum absolute atomic E-state index is 0.0883. The summed E-state index contributed by atoms with van der Waals surface area (Å²) in [5.41, 5.74) is 3.41. The van der Waals surface area contributed by atoms with E-state index in [1.165, 1.54) is 5.56 Å². The normalized spacial score (nSPS) is 12.3. The highest BCUT2D eigenvalue weighted by atomic mass is 16.5. The highest BCUT2D eigenvalue weighted by Crippen LogP contribution is 2.24. The van der Waals surface area contributed by atoms with E-state index >= 15 is 0 Å². The van der Waals surface area contributed by atoms with Gasteiger partial charge in [0.15, 0.2) is 0 Å². The third kappa shape index (κ3) is 7.70. The van der Waals surface area contributed by atoms with E-state index in [1.54, 1.807) is 31.6 Å². The van der Waals surface area contributed by atoms with Crippen LogP contribution < -0.4 is 20.7 Å². The first-order chi connectivity index (χ1) is 18.5. The van der Waals surface area contributed by atoms with Gasteiger partial charge in [-0.2, -0.15) is 0 Å². The summed E-state index contributed by atoms with van der Waals surface area (Å²) in [6.07, 6.45) is 3.79. The molecule has 0 bridgehead atoms. The van der Waals surface area contributed by atoms with Crippen LogP contribution in [0.15, 0.2) is 91.3 Å². The quantitative estimate of drug-likeness (QED) is 0.214. The summed E-state index contributed by atoms with van der Waals surface area (Å²) in [4.78, 5) is 33.0. The molecule has 0 spiro atoms. The van der Waals surface area contributed by atoms with Crippen LogP contribution in [0.4, 0.5) is 11.6 Å². The van der Waals surface area contributed by atoms with E-state index in [-0.39, 0.29) is 24.2 Å². The number of H-pyrrole nitrogens is 1. The van der Waals surface area contributed by atoms with E-state index in [1.807, 2.05) is 54.6 Å². The standard InChI is InChI=1S/C30H33N5O3/c1-21(23-11-7-4-8-12-23)20-38-27-17-24(16-25(18-27)31-2)29(37)34-26(15-22-9-5-3-6-10-22)19-28(36)35-30-32-13-14-33-30/h3-14,16-18,21,26,31H,15,19-20H2,1-2H3,(H,34,37)(H2,32,33,35,36)/t21?,26-/m0/s1. The highest BCUT2D eigenvalue weighted by Gasteiger charge is 2.20. The Labute approximate surface area is 222 Å². The lowest BCUT2D eigenvalue weighted by atomic mass is 10.0. The largest absolute Gasteiger partial charge is 0.493 e. The van der Waals surface area contributed by atoms with Crippen molar-refractivity contribution in [2.24, 2.45) is 0 Å². The summed E-state index contributed by atoms with van der Waals surface area (Å²) in [6, 6.07) is 24.9. The molecule has 0 aliphatic carbocycles. The van der Waals surface area contributed by atoms with Crippen LogP contribution in [0.5, 0.6) is 5.75 Å². The number of hydrogen-bond acceptors (Lipinski definition) is 5. The second-order valence-corrected chi connectivity index (χ2v) is 9.17. The summed E-state index contributed by atoms with van der Waals surface area (Å²) < 4.78 is 6.08. The molecule has 2 atom stereocenters. The lowest BCUT2D eigenvalue weighted by Crippen LogP contribution is -2.39. The smallest absolute Gasteiger partial charge is 0.251 e. The third-order valence-electron chi connectivity index (χ3n) is 6.17. The Morgan fingerprint density at radius 2 is 1.74 bits per heavy atom. The van der Waals surface area contributed by atoms with Gasteiger partial charge in [-0.25, -0.2) is 4.98 Å². The molecule has 8 heteroatoms. The summed E-state index contributed by atoms with van der Waals surface area (Å²) in [7, 11) is 1.80. The molecule has 1 heterocycles. The third-order valence-corrected chi connectivity index (χ3v) is 6.17. The molecule has 8 nitrogen and oxygen atoms in total. The van der Waals surface area contributed by atoms with Crippen LogP contribution in [0.2, 0.25) is 0 Å². The average Bonchev–Trinajstić information content (AvgIpc) is 3.45. The molecule has 0 saturated heterocycles. The van der Waals surface area contributed by atoms with Gasteiger partial charge < -0.3 is 20.4 Å². The van der Waals surface area contributed by atoms with E-state index in [4.69, 9.17) is 4.74 Å². The summed E-state index contributed by atoms with van der Waals surface area (Å²) in [5, 5.41) is 8.88. The van der Waals surface area contributed by atoms with E-state index < -0.39 is 6.04 Å². The van der Waals surface area contributed by atoms with Gasteiger partial charge >= 0.3 is 0 Å². The fraction of sp³-hybridized carbons (Fsp3) is 0.233. The maximum atomic E-state index is 13.4. The number of amides is 2. The summed E-state index contributed by atoms with van der Waals surface area (Å²) in [5.74, 6) is 0.626. The Kier molecular flexibility index (Phi) is 9.12. The first-order valence-corrected chi connectivity index (χ1v) is 12.6. The maximum absolute atomic E-state index is 13.4. The van der Waals surface area contributed by atoms with Crippen molar-refractivity contribution < 1.29 is 14.3 Å². The molecule has 3 aromatic carbocycles. The Bertz CT molecular complexity index is 1310. The van der Waals surface area contributed by atoms with Crippen LogP contribution in [0, 0.1) is 0 Å². The Morgan fingerprint density at radius 1 is 1.00 bits per heavy atom. The van der Waals surface area contributed by atoms with Crippen molar-refractivity contribution in [3.63, 3.8) is 0 Å². The summed E-state index contributed by atoms with van der Waals surface area (Å²) >= 11 is 0. The summed E-state index contributed by atoms with van der Waals surface area (Å²) in [6.45, 7) is 2.58. The van der Waals surface area contributed by atoms with Crippen LogP contribution in [0.1, 0.15) is 40.7 Å². The molecular formula is C30H33N5O3. The number of anilines is 2. The van der Waals surface area contributed by atoms with Crippen LogP contribution in [-0.2, 0) is 11.2 Å². The monoisotopic (exact) mass is 511 g/mol. The van der Waals surface area contributed by atoms with Gasteiger partial charge in [0.25, 0.3) is 5.91 Å². The van der Waals surface area contributed by atoms with Crippen LogP contribution in [0.3, 0.4) is 0 Å². The topological polar surface area (TPSA) is 108 Å². The number of aromatic amines is 1. The Morgan fingerprint density at radius 3 is 2.42 bits per heavy atom. The van der Waals surface area contributed by atoms with Crippen molar-refractivity contribution in [3.8, 4) is 5.75 Å². The molecule has 4 N–H and O–H groups in total. The minimum Gasteiger partial charge on any atom is -0.493 e. The van der Waals surface area contributed by atoms with Gasteiger partial charge in [0.2, 0.25) is 11.9 Å². The number of ether oxygens (including phenoxy) is 1. The van der Waals surface area contributed by atoms with Crippen LogP contribution >= 0.6 is 0 Å². The van der Waals surface area contributed by atoms with Crippen molar-refractivity contribution >= 4 is 23.5 Å². The zero-order valence-corrected chi connectivity index (χ0v) is 21.6. The van der Waals surface area contributed by atoms with E-state index in [2.05, 4.69) is 45.0 Å². The van der Waals surface area contributed by atoms with Gasteiger partial charge in [0.1, 0.15) is 5.75 Å². The van der Waals surface area contributed by atoms with E-state index in [9.17, 15) is 9.59 Å². The van der Waals surface area contributed by atoms with Crippen molar-refractivity contribution in [2.45, 2.75) is 31.7 Å². The fourth-order valence-corrected chi connectivity index (χ4v) is 4.14. The molecular weight excluding hydrogens is 478 g/mol. The number of nitrogens with zero attached hydrogens (tertiary/aromatic N) is 1. The number of hydrogen-bond donors (Lipinski definition) is 4. The molecule has 2 amide bonds. The molecule has 4 aromatic rings. The maximum Gasteiger partial charge on any atom is 0.251 e. The van der Waals surface area contributed by atoms with Crippen molar-refractivity contribution in [3.05, 3.63) is 108 Å². The number of carbonyl (C=O) groups excluding carboxylic acids is 2. The Balaban J connectivity index is 1.46. The molecule has 0 aliphatic heterocycles. The molecule has 1 unspecified atom stereocenters. The number of carbonyl (C=O) groups is 2. The van der Waals surface area contributed by atoms with Gasteiger partial charge in [-0.15, -0.1) is 0 Å². The van der Waals surface area contributed by atoms with Gasteiger partial charge in [0, 0.05) is 55.1 Å². The second kappa shape index (κ2) is 13.1. The lowest BCUT2D eigenvalue weighted by Gasteiger charge is -2.20. The van der Waals surface area contributed by atoms with Gasteiger partial charge in [-0.3, -0.25) is 14.9 Å². The average molecular weight is 512 g/mol. The number of benzene rings is 3. The molecule has 0 radical (unpaired) electrons. The van der Waals surface area contributed by atoms with Crippen molar-refractivity contribution in [2.75, 3.05) is 24.3 Å². The molecule has 1 aromatic heterocycles. The Hall–Kier alpha value is -4.59. The number of aromatic nitrogens is 2. The van der Waals surface area contributed by atoms with Crippen molar-refractivity contribution in [1.29, 1.82) is 0 Å². The predicted octanol–water partition coefficient (Wildman–Crippen LogP) is 5.00. The van der Waals surface area contributed by atoms with Crippen molar-refractivity contribution in [1.82, 2.24) is 15.3 Å². The second-order valence-electron chi connectivity index (χ2n) is 9.17. The minimum atomic E-state index is -0.430. The predicted molar refractivity (Wildman–Crippen MR) is 150 cm³/mol. The molecule has 0 aliphatic rings. The number of imidazole rings is 1. The number of nitrogens with one attached hydrogen (secondary N) is 4. The fourth-order valence-electron chi connectivity index (χ4n) is 4.14. The van der Waals surface area contributed by atoms with Gasteiger partial charge in [-0.1, -0.05) is 67.6 Å². The molecule has 0 fully saturated rings. The number of rotatable bonds is 12. The molecule has 4 rings (SSSR count). The van der Waals surface area contributed by atoms with Crippen LogP contribution in [-0.4, -0.2) is 41.5 Å². The lowest BCUT2D eigenvalue weighted by molar-refractivity contribution is -0.116. The highest BCUT2D eigenvalue weighted by molar-refractivity contribution is 5.96. The first-order valence-electron chi connectivity index (χ1n) is 12.6. The molecule has 196 valence electrons. The van der Waals surface area contributed by atoms with E-state index in [0.29, 0.717) is 30.3 Å². The van der Waals surface area contributed by atoms with Gasteiger partial charge in [-0.05, 0) is 29.7 Å². The van der Waals surface area contributed by atoms with Crippen LogP contribution in [0.25, 0.3) is 0 Å².